The highest BCUT2D eigenvalue weighted by molar-refractivity contribution is 7.80. The van der Waals surface area contributed by atoms with Crippen molar-refractivity contribution in [2.45, 2.75) is 25.9 Å². The van der Waals surface area contributed by atoms with Crippen LogP contribution in [-0.4, -0.2) is 30.1 Å². The molecule has 27 heavy (non-hydrogen) atoms. The Morgan fingerprint density at radius 1 is 1.22 bits per heavy atom. The summed E-state index contributed by atoms with van der Waals surface area (Å²) in [4.78, 5) is 3.00. The summed E-state index contributed by atoms with van der Waals surface area (Å²) in [6.07, 6.45) is 3.56. The van der Waals surface area contributed by atoms with Crippen LogP contribution in [0, 0.1) is 11.3 Å². The summed E-state index contributed by atoms with van der Waals surface area (Å²) >= 11 is 12.1. The van der Waals surface area contributed by atoms with E-state index in [4.69, 9.17) is 33.3 Å². The number of hydrogen-bond donors (Lipinski definition) is 0. The van der Waals surface area contributed by atoms with Gasteiger partial charge in [-0.05, 0) is 37.5 Å². The summed E-state index contributed by atoms with van der Waals surface area (Å²) in [6, 6.07) is 13.2. The highest BCUT2D eigenvalue weighted by atomic mass is 35.5. The molecule has 0 aliphatic carbocycles. The number of ether oxygens (including phenoxy) is 2. The smallest absolute Gasteiger partial charge is 0.180 e. The van der Waals surface area contributed by atoms with Crippen LogP contribution in [0.3, 0.4) is 0 Å². The molecular formula is C21H21ClN2O2S. The maximum atomic E-state index is 9.22. The van der Waals surface area contributed by atoms with Crippen LogP contribution < -0.4 is 9.47 Å². The van der Waals surface area contributed by atoms with E-state index in [-0.39, 0.29) is 6.61 Å². The Kier molecular flexibility index (Phi) is 6.54. The third-order valence-electron chi connectivity index (χ3n) is 4.63. The highest BCUT2D eigenvalue weighted by Gasteiger charge is 2.19. The number of piperidine rings is 1. The summed E-state index contributed by atoms with van der Waals surface area (Å²) < 4.78 is 11.4. The van der Waals surface area contributed by atoms with Gasteiger partial charge in [0.25, 0.3) is 0 Å². The predicted molar refractivity (Wildman–Crippen MR) is 111 cm³/mol. The van der Waals surface area contributed by atoms with Crippen molar-refractivity contribution >= 4 is 28.8 Å². The fraction of sp³-hybridized carbons (Fsp3) is 0.333. The molecule has 1 fully saturated rings. The number of methoxy groups -OCH3 is 1. The lowest BCUT2D eigenvalue weighted by Gasteiger charge is -2.29. The Labute approximate surface area is 170 Å². The molecule has 0 N–H and O–H groups in total. The zero-order valence-electron chi connectivity index (χ0n) is 15.2. The topological polar surface area (TPSA) is 45.5 Å². The molecule has 1 aliphatic rings. The Morgan fingerprint density at radius 3 is 2.67 bits per heavy atom. The Hall–Kier alpha value is -2.29. The van der Waals surface area contributed by atoms with Crippen LogP contribution >= 0.6 is 23.8 Å². The number of halogens is 1. The van der Waals surface area contributed by atoms with E-state index in [9.17, 15) is 5.26 Å². The number of likely N-dealkylation sites (tertiary alicyclic amines) is 1. The standard InChI is InChI=1S/C21H21ClN2O2S/c1-25-19-12-17(21(27)24-9-5-2-6-10-24)11-18(22)20(19)26-14-16-8-4-3-7-15(16)13-23/h3-4,7-8,11-12H,2,5-6,9-10,14H2,1H3. The monoisotopic (exact) mass is 400 g/mol. The van der Waals surface area contributed by atoms with Gasteiger partial charge in [-0.25, -0.2) is 0 Å². The maximum Gasteiger partial charge on any atom is 0.180 e. The van der Waals surface area contributed by atoms with Gasteiger partial charge in [-0.15, -0.1) is 0 Å². The van der Waals surface area contributed by atoms with E-state index in [1.54, 1.807) is 13.2 Å². The van der Waals surface area contributed by atoms with Crippen LogP contribution in [0.15, 0.2) is 36.4 Å². The van der Waals surface area contributed by atoms with Gasteiger partial charge in [0.1, 0.15) is 11.6 Å². The molecule has 0 unspecified atom stereocenters. The lowest BCUT2D eigenvalue weighted by atomic mass is 10.1. The van der Waals surface area contributed by atoms with Gasteiger partial charge in [-0.2, -0.15) is 5.26 Å². The normalized spacial score (nSPS) is 13.7. The second kappa shape index (κ2) is 9.07. The van der Waals surface area contributed by atoms with Gasteiger partial charge in [-0.3, -0.25) is 0 Å². The summed E-state index contributed by atoms with van der Waals surface area (Å²) in [5.41, 5.74) is 2.24. The van der Waals surface area contributed by atoms with Gasteiger partial charge in [0.2, 0.25) is 0 Å². The van der Waals surface area contributed by atoms with Gasteiger partial charge in [-0.1, -0.05) is 42.0 Å². The molecule has 2 aromatic rings. The first-order valence-corrected chi connectivity index (χ1v) is 9.70. The average molecular weight is 401 g/mol. The van der Waals surface area contributed by atoms with Crippen LogP contribution in [0.5, 0.6) is 11.5 Å². The second-order valence-electron chi connectivity index (χ2n) is 6.40. The molecule has 1 aliphatic heterocycles. The van der Waals surface area contributed by atoms with Crippen molar-refractivity contribution in [3.8, 4) is 17.6 Å². The lowest BCUT2D eigenvalue weighted by Crippen LogP contribution is -2.34. The minimum Gasteiger partial charge on any atom is -0.493 e. The van der Waals surface area contributed by atoms with Crippen LogP contribution in [-0.2, 0) is 6.61 Å². The van der Waals surface area contributed by atoms with Crippen molar-refractivity contribution < 1.29 is 9.47 Å². The van der Waals surface area contributed by atoms with Crippen LogP contribution in [0.1, 0.15) is 36.0 Å². The molecule has 140 valence electrons. The number of hydrogen-bond acceptors (Lipinski definition) is 4. The Bertz CT molecular complexity index is 873. The van der Waals surface area contributed by atoms with E-state index in [2.05, 4.69) is 11.0 Å². The zero-order valence-corrected chi connectivity index (χ0v) is 16.8. The van der Waals surface area contributed by atoms with E-state index < -0.39 is 0 Å². The van der Waals surface area contributed by atoms with Gasteiger partial charge in [0.15, 0.2) is 11.5 Å². The van der Waals surface area contributed by atoms with E-state index in [0.717, 1.165) is 42.0 Å². The quantitative estimate of drug-likeness (QED) is 0.663. The first-order valence-electron chi connectivity index (χ1n) is 8.91. The summed E-state index contributed by atoms with van der Waals surface area (Å²) in [5, 5.41) is 9.66. The van der Waals surface area contributed by atoms with Gasteiger partial charge >= 0.3 is 0 Å². The number of nitrogens with zero attached hydrogens (tertiary/aromatic N) is 2. The molecule has 1 heterocycles. The third-order valence-corrected chi connectivity index (χ3v) is 5.40. The molecule has 0 spiro atoms. The van der Waals surface area contributed by atoms with Crippen molar-refractivity contribution in [3.05, 3.63) is 58.1 Å². The molecule has 3 rings (SSSR count). The van der Waals surface area contributed by atoms with Crippen LogP contribution in [0.2, 0.25) is 5.02 Å². The summed E-state index contributed by atoms with van der Waals surface area (Å²) in [7, 11) is 1.58. The van der Waals surface area contributed by atoms with Crippen molar-refractivity contribution in [2.75, 3.05) is 20.2 Å². The van der Waals surface area contributed by atoms with Crippen molar-refractivity contribution in [3.63, 3.8) is 0 Å². The second-order valence-corrected chi connectivity index (χ2v) is 7.19. The molecule has 1 saturated heterocycles. The molecular weight excluding hydrogens is 380 g/mol. The number of thiocarbonyl (C=S) groups is 1. The minimum absolute atomic E-state index is 0.232. The number of benzene rings is 2. The highest BCUT2D eigenvalue weighted by Crippen LogP contribution is 2.37. The van der Waals surface area contributed by atoms with Gasteiger partial charge in [0.05, 0.1) is 23.8 Å². The third kappa shape index (κ3) is 4.52. The molecule has 0 saturated carbocycles. The first-order chi connectivity index (χ1) is 13.1. The molecule has 0 atom stereocenters. The van der Waals surface area contributed by atoms with Crippen molar-refractivity contribution in [1.82, 2.24) is 4.90 Å². The Morgan fingerprint density at radius 2 is 1.96 bits per heavy atom. The molecule has 0 radical (unpaired) electrons. The van der Waals surface area contributed by atoms with Crippen LogP contribution in [0.25, 0.3) is 0 Å². The maximum absolute atomic E-state index is 9.22. The molecule has 2 aromatic carbocycles. The van der Waals surface area contributed by atoms with E-state index in [0.29, 0.717) is 22.1 Å². The summed E-state index contributed by atoms with van der Waals surface area (Å²) in [6.45, 7) is 2.18. The van der Waals surface area contributed by atoms with Crippen molar-refractivity contribution in [1.29, 1.82) is 5.26 Å². The van der Waals surface area contributed by atoms with E-state index in [1.165, 1.54) is 6.42 Å². The first kappa shape index (κ1) is 19.5. The lowest BCUT2D eigenvalue weighted by molar-refractivity contribution is 0.284. The SMILES string of the molecule is COc1cc(C(=S)N2CCCCC2)cc(Cl)c1OCc1ccccc1C#N. The fourth-order valence-corrected chi connectivity index (χ4v) is 3.73. The molecule has 6 heteroatoms. The van der Waals surface area contributed by atoms with E-state index >= 15 is 0 Å². The number of nitriles is 1. The number of rotatable bonds is 5. The minimum atomic E-state index is 0.232. The molecule has 0 amide bonds. The zero-order chi connectivity index (χ0) is 19.2. The van der Waals surface area contributed by atoms with E-state index in [1.807, 2.05) is 30.3 Å². The fourth-order valence-electron chi connectivity index (χ4n) is 3.17. The van der Waals surface area contributed by atoms with Gasteiger partial charge < -0.3 is 14.4 Å². The predicted octanol–water partition coefficient (Wildman–Crippen LogP) is 4.96. The molecule has 4 nitrogen and oxygen atoms in total. The summed E-state index contributed by atoms with van der Waals surface area (Å²) in [5.74, 6) is 0.989. The van der Waals surface area contributed by atoms with Crippen LogP contribution in [0.4, 0.5) is 0 Å². The average Bonchev–Trinajstić information content (AvgIpc) is 2.72. The Balaban J connectivity index is 1.82. The van der Waals surface area contributed by atoms with Gasteiger partial charge in [0, 0.05) is 24.2 Å². The van der Waals surface area contributed by atoms with Crippen molar-refractivity contribution in [2.24, 2.45) is 0 Å². The molecule has 0 aromatic heterocycles. The largest absolute Gasteiger partial charge is 0.493 e. The molecule has 0 bridgehead atoms.